The first-order chi connectivity index (χ1) is 12.0. The van der Waals surface area contributed by atoms with Gasteiger partial charge in [-0.25, -0.2) is 9.78 Å². The van der Waals surface area contributed by atoms with E-state index in [4.69, 9.17) is 0 Å². The molecule has 25 heavy (non-hydrogen) atoms. The molecule has 0 saturated carbocycles. The van der Waals surface area contributed by atoms with Gasteiger partial charge in [0.15, 0.2) is 0 Å². The van der Waals surface area contributed by atoms with Crippen LogP contribution in [0.3, 0.4) is 0 Å². The van der Waals surface area contributed by atoms with Gasteiger partial charge < -0.3 is 0 Å². The van der Waals surface area contributed by atoms with Crippen molar-refractivity contribution < 1.29 is 0 Å². The third kappa shape index (κ3) is 2.48. The number of fused-ring (bicyclic) bond motifs is 3. The molecule has 7 nitrogen and oxygen atoms in total. The average Bonchev–Trinajstić information content (AvgIpc) is 2.99. The summed E-state index contributed by atoms with van der Waals surface area (Å²) in [5.74, 6) is 0. The van der Waals surface area contributed by atoms with E-state index in [1.54, 1.807) is 18.4 Å². The van der Waals surface area contributed by atoms with Crippen LogP contribution in [0.5, 0.6) is 0 Å². The molecule has 0 radical (unpaired) electrons. The minimum Gasteiger partial charge on any atom is -0.299 e. The maximum absolute atomic E-state index is 13.0. The van der Waals surface area contributed by atoms with Gasteiger partial charge in [0, 0.05) is 30.7 Å². The van der Waals surface area contributed by atoms with Gasteiger partial charge in [0.05, 0.1) is 18.3 Å². The lowest BCUT2D eigenvalue weighted by molar-refractivity contribution is 0.615. The molecule has 130 valence electrons. The van der Waals surface area contributed by atoms with Crippen LogP contribution in [-0.2, 0) is 33.5 Å². The Balaban J connectivity index is 1.86. The maximum Gasteiger partial charge on any atom is 0.330 e. The Morgan fingerprint density at radius 2 is 1.88 bits per heavy atom. The van der Waals surface area contributed by atoms with Crippen molar-refractivity contribution in [3.63, 3.8) is 0 Å². The van der Waals surface area contributed by atoms with E-state index in [-0.39, 0.29) is 17.7 Å². The number of rotatable bonds is 2. The monoisotopic (exact) mass is 358 g/mol. The van der Waals surface area contributed by atoms with Gasteiger partial charge in [-0.05, 0) is 31.2 Å². The smallest absolute Gasteiger partial charge is 0.299 e. The van der Waals surface area contributed by atoms with Gasteiger partial charge in [0.1, 0.15) is 4.83 Å². The normalized spacial score (nSPS) is 14.0. The summed E-state index contributed by atoms with van der Waals surface area (Å²) in [5, 5.41) is 0.705. The molecule has 0 amide bonds. The van der Waals surface area contributed by atoms with Crippen molar-refractivity contribution >= 4 is 21.6 Å². The first-order valence-electron chi connectivity index (χ1n) is 8.23. The average molecular weight is 358 g/mol. The van der Waals surface area contributed by atoms with Gasteiger partial charge in [-0.15, -0.1) is 11.3 Å². The summed E-state index contributed by atoms with van der Waals surface area (Å²) in [7, 11) is 3.03. The Morgan fingerprint density at radius 1 is 1.12 bits per heavy atom. The van der Waals surface area contributed by atoms with Gasteiger partial charge in [-0.2, -0.15) is 0 Å². The number of thiophene rings is 1. The first kappa shape index (κ1) is 16.0. The van der Waals surface area contributed by atoms with Gasteiger partial charge in [0.2, 0.25) is 0 Å². The topological polar surface area (TPSA) is 78.9 Å². The molecule has 3 aromatic heterocycles. The van der Waals surface area contributed by atoms with E-state index in [1.807, 2.05) is 0 Å². The van der Waals surface area contributed by atoms with Crippen molar-refractivity contribution in [1.29, 1.82) is 0 Å². The van der Waals surface area contributed by atoms with Crippen molar-refractivity contribution in [2.24, 2.45) is 14.1 Å². The summed E-state index contributed by atoms with van der Waals surface area (Å²) in [6.45, 7) is 0.147. The van der Waals surface area contributed by atoms with Crippen molar-refractivity contribution in [3.05, 3.63) is 59.7 Å². The van der Waals surface area contributed by atoms with Crippen LogP contribution in [0.15, 0.2) is 26.8 Å². The fraction of sp³-hybridized carbons (Fsp3) is 0.412. The summed E-state index contributed by atoms with van der Waals surface area (Å²) in [5.41, 5.74) is 0.736. The molecular formula is C17H18N4O3S. The Hall–Kier alpha value is -2.48. The summed E-state index contributed by atoms with van der Waals surface area (Å²) >= 11 is 1.61. The molecule has 3 heterocycles. The number of nitrogens with zero attached hydrogens (tertiary/aromatic N) is 4. The fourth-order valence-electron chi connectivity index (χ4n) is 3.40. The van der Waals surface area contributed by atoms with E-state index >= 15 is 0 Å². The molecule has 3 aromatic rings. The lowest BCUT2D eigenvalue weighted by Crippen LogP contribution is -2.39. The quantitative estimate of drug-likeness (QED) is 0.678. The minimum absolute atomic E-state index is 0.0995. The molecule has 8 heteroatoms. The minimum atomic E-state index is -0.405. The number of aryl methyl sites for hydroxylation is 2. The second kappa shape index (κ2) is 5.80. The predicted octanol–water partition coefficient (Wildman–Crippen LogP) is 0.782. The van der Waals surface area contributed by atoms with Crippen LogP contribution in [0.2, 0.25) is 0 Å². The van der Waals surface area contributed by atoms with Gasteiger partial charge in [-0.3, -0.25) is 23.3 Å². The zero-order valence-corrected chi connectivity index (χ0v) is 14.9. The van der Waals surface area contributed by atoms with E-state index < -0.39 is 5.69 Å². The molecule has 0 unspecified atom stereocenters. The molecule has 0 saturated heterocycles. The lowest BCUT2D eigenvalue weighted by Gasteiger charge is -2.12. The highest BCUT2D eigenvalue weighted by molar-refractivity contribution is 7.18. The zero-order valence-electron chi connectivity index (χ0n) is 14.1. The van der Waals surface area contributed by atoms with Gasteiger partial charge in [0.25, 0.3) is 11.1 Å². The Morgan fingerprint density at radius 3 is 2.68 bits per heavy atom. The molecule has 0 bridgehead atoms. The Kier molecular flexibility index (Phi) is 3.72. The van der Waals surface area contributed by atoms with Gasteiger partial charge in [-0.1, -0.05) is 0 Å². The van der Waals surface area contributed by atoms with Crippen molar-refractivity contribution in [2.75, 3.05) is 0 Å². The van der Waals surface area contributed by atoms with E-state index in [0.29, 0.717) is 11.1 Å². The zero-order chi connectivity index (χ0) is 17.7. The highest BCUT2D eigenvalue weighted by Gasteiger charge is 2.20. The van der Waals surface area contributed by atoms with Gasteiger partial charge >= 0.3 is 5.69 Å². The van der Waals surface area contributed by atoms with Crippen LogP contribution in [0, 0.1) is 0 Å². The largest absolute Gasteiger partial charge is 0.330 e. The van der Waals surface area contributed by atoms with Crippen LogP contribution in [0.1, 0.15) is 29.0 Å². The van der Waals surface area contributed by atoms with Crippen LogP contribution < -0.4 is 16.8 Å². The summed E-state index contributed by atoms with van der Waals surface area (Å²) in [6.07, 6.45) is 5.69. The molecule has 1 aliphatic rings. The molecule has 0 aromatic carbocycles. The number of hydrogen-bond donors (Lipinski definition) is 0. The molecule has 0 fully saturated rings. The van der Waals surface area contributed by atoms with Crippen LogP contribution in [0.4, 0.5) is 0 Å². The van der Waals surface area contributed by atoms with Crippen molar-refractivity contribution in [3.8, 4) is 0 Å². The second-order valence-electron chi connectivity index (χ2n) is 6.44. The number of hydrogen-bond acceptors (Lipinski definition) is 5. The third-order valence-electron chi connectivity index (χ3n) is 4.90. The maximum atomic E-state index is 13.0. The van der Waals surface area contributed by atoms with Crippen LogP contribution >= 0.6 is 11.3 Å². The fourth-order valence-corrected chi connectivity index (χ4v) is 4.62. The molecule has 0 spiro atoms. The first-order valence-corrected chi connectivity index (χ1v) is 9.04. The lowest BCUT2D eigenvalue weighted by atomic mass is 9.97. The summed E-state index contributed by atoms with van der Waals surface area (Å²) in [6, 6.07) is 1.39. The Labute approximate surface area is 146 Å². The SMILES string of the molecule is Cn1c(Cn2cnc3sc4c(c3c2=O)CCCC4)cc(=O)n(C)c1=O. The third-order valence-corrected chi connectivity index (χ3v) is 6.10. The molecule has 0 aliphatic heterocycles. The summed E-state index contributed by atoms with van der Waals surface area (Å²) in [4.78, 5) is 43.4. The second-order valence-corrected chi connectivity index (χ2v) is 7.53. The van der Waals surface area contributed by atoms with Crippen LogP contribution in [-0.4, -0.2) is 18.7 Å². The molecule has 4 rings (SSSR count). The summed E-state index contributed by atoms with van der Waals surface area (Å²) < 4.78 is 3.92. The Bertz CT molecular complexity index is 1170. The predicted molar refractivity (Wildman–Crippen MR) is 96.5 cm³/mol. The van der Waals surface area contributed by atoms with E-state index in [0.717, 1.165) is 40.6 Å². The highest BCUT2D eigenvalue weighted by atomic mass is 32.1. The molecular weight excluding hydrogens is 340 g/mol. The van der Waals surface area contributed by atoms with E-state index in [1.165, 1.54) is 33.5 Å². The molecule has 1 aliphatic carbocycles. The van der Waals surface area contributed by atoms with Crippen molar-refractivity contribution in [1.82, 2.24) is 18.7 Å². The van der Waals surface area contributed by atoms with Crippen LogP contribution in [0.25, 0.3) is 10.2 Å². The van der Waals surface area contributed by atoms with E-state index in [9.17, 15) is 14.4 Å². The number of aromatic nitrogens is 4. The highest BCUT2D eigenvalue weighted by Crippen LogP contribution is 2.33. The molecule has 0 N–H and O–H groups in total. The van der Waals surface area contributed by atoms with E-state index in [2.05, 4.69) is 4.98 Å². The van der Waals surface area contributed by atoms with Crippen molar-refractivity contribution in [2.45, 2.75) is 32.2 Å². The standard InChI is InChI=1S/C17H18N4O3S/c1-19-10(7-13(22)20(2)17(19)24)8-21-9-18-15-14(16(21)23)11-5-3-4-6-12(11)25-15/h7,9H,3-6,8H2,1-2H3. The molecule has 0 atom stereocenters.